The number of aromatic nitrogens is 4. The number of nitrogens with zero attached hydrogens (tertiary/aromatic N) is 4. The number of ether oxygens (including phenoxy) is 1. The summed E-state index contributed by atoms with van der Waals surface area (Å²) in [6.07, 6.45) is 5.66. The van der Waals surface area contributed by atoms with E-state index in [9.17, 15) is 0 Å². The van der Waals surface area contributed by atoms with E-state index in [0.29, 0.717) is 17.5 Å². The van der Waals surface area contributed by atoms with Crippen molar-refractivity contribution in [1.29, 1.82) is 0 Å². The van der Waals surface area contributed by atoms with Gasteiger partial charge in [-0.2, -0.15) is 10.1 Å². The zero-order valence-corrected chi connectivity index (χ0v) is 12.3. The summed E-state index contributed by atoms with van der Waals surface area (Å²) < 4.78 is 7.59. The van der Waals surface area contributed by atoms with Crippen molar-refractivity contribution in [2.24, 2.45) is 0 Å². The van der Waals surface area contributed by atoms with Crippen LogP contribution < -0.4 is 10.1 Å². The molecule has 6 heteroatoms. The quantitative estimate of drug-likeness (QED) is 0.841. The predicted molar refractivity (Wildman–Crippen MR) is 78.1 cm³/mol. The van der Waals surface area contributed by atoms with Crippen LogP contribution in [0.2, 0.25) is 0 Å². The second kappa shape index (κ2) is 6.88. The lowest BCUT2D eigenvalue weighted by Crippen LogP contribution is -2.04. The molecule has 1 N–H and O–H groups in total. The lowest BCUT2D eigenvalue weighted by molar-refractivity contribution is 0.458. The lowest BCUT2D eigenvalue weighted by atomic mass is 10.4. The van der Waals surface area contributed by atoms with E-state index in [1.54, 1.807) is 12.3 Å². The third-order valence-electron chi connectivity index (χ3n) is 2.66. The van der Waals surface area contributed by atoms with Crippen LogP contribution in [0.15, 0.2) is 18.5 Å². The summed E-state index contributed by atoms with van der Waals surface area (Å²) in [5, 5.41) is 7.46. The topological polar surface area (TPSA) is 64.9 Å². The average molecular weight is 275 g/mol. The molecule has 2 aromatic rings. The van der Waals surface area contributed by atoms with E-state index in [1.165, 1.54) is 0 Å². The fourth-order valence-electron chi connectivity index (χ4n) is 1.81. The van der Waals surface area contributed by atoms with Gasteiger partial charge in [0.25, 0.3) is 0 Å². The largest absolute Gasteiger partial charge is 0.436 e. The summed E-state index contributed by atoms with van der Waals surface area (Å²) in [7, 11) is 0. The summed E-state index contributed by atoms with van der Waals surface area (Å²) in [6, 6.07) is 1.81. The van der Waals surface area contributed by atoms with Gasteiger partial charge >= 0.3 is 0 Å². The molecule has 0 unspecified atom stereocenters. The Balaban J connectivity index is 2.09. The van der Waals surface area contributed by atoms with Crippen molar-refractivity contribution in [3.05, 3.63) is 24.3 Å². The van der Waals surface area contributed by atoms with Crippen molar-refractivity contribution in [2.75, 3.05) is 11.9 Å². The average Bonchev–Trinajstić information content (AvgIpc) is 2.83. The highest BCUT2D eigenvalue weighted by Gasteiger charge is 2.06. The standard InChI is InChI=1S/C14H21N5O/c1-4-6-15-13-8-14(18-11(3)17-13)20-12-9-16-19(10-12)7-5-2/h8-10H,4-7H2,1-3H3,(H,15,17,18). The number of rotatable bonds is 7. The Morgan fingerprint density at radius 2 is 2.10 bits per heavy atom. The van der Waals surface area contributed by atoms with Crippen molar-refractivity contribution in [1.82, 2.24) is 19.7 Å². The van der Waals surface area contributed by atoms with Crippen LogP contribution in [0, 0.1) is 6.92 Å². The highest BCUT2D eigenvalue weighted by atomic mass is 16.5. The molecule has 108 valence electrons. The first-order valence-corrected chi connectivity index (χ1v) is 7.01. The molecule has 0 aliphatic carbocycles. The summed E-state index contributed by atoms with van der Waals surface area (Å²) in [5.74, 6) is 2.70. The first kappa shape index (κ1) is 14.3. The Morgan fingerprint density at radius 3 is 2.85 bits per heavy atom. The first-order chi connectivity index (χ1) is 9.71. The molecule has 2 heterocycles. The molecule has 20 heavy (non-hydrogen) atoms. The SMILES string of the molecule is CCCNc1cc(Oc2cnn(CCC)c2)nc(C)n1. The minimum Gasteiger partial charge on any atom is -0.436 e. The maximum Gasteiger partial charge on any atom is 0.224 e. The summed E-state index contributed by atoms with van der Waals surface area (Å²) >= 11 is 0. The molecule has 0 radical (unpaired) electrons. The van der Waals surface area contributed by atoms with Gasteiger partial charge in [0.05, 0.1) is 12.4 Å². The molecule has 0 bridgehead atoms. The number of anilines is 1. The lowest BCUT2D eigenvalue weighted by Gasteiger charge is -2.07. The third-order valence-corrected chi connectivity index (χ3v) is 2.66. The van der Waals surface area contributed by atoms with Crippen LogP contribution in [0.5, 0.6) is 11.6 Å². The molecule has 0 amide bonds. The van der Waals surface area contributed by atoms with E-state index >= 15 is 0 Å². The predicted octanol–water partition coefficient (Wildman–Crippen LogP) is 3.01. The fourth-order valence-corrected chi connectivity index (χ4v) is 1.81. The van der Waals surface area contributed by atoms with Gasteiger partial charge in [0.15, 0.2) is 5.75 Å². The Bertz CT molecular complexity index is 552. The molecule has 0 fully saturated rings. The molecule has 0 saturated heterocycles. The van der Waals surface area contributed by atoms with Crippen LogP contribution in [0.25, 0.3) is 0 Å². The van der Waals surface area contributed by atoms with Gasteiger partial charge in [-0.05, 0) is 19.8 Å². The number of hydrogen-bond donors (Lipinski definition) is 1. The second-order valence-corrected chi connectivity index (χ2v) is 4.61. The molecule has 0 atom stereocenters. The molecule has 0 aromatic carbocycles. The zero-order chi connectivity index (χ0) is 14.4. The Hall–Kier alpha value is -2.11. The van der Waals surface area contributed by atoms with E-state index < -0.39 is 0 Å². The van der Waals surface area contributed by atoms with Gasteiger partial charge in [-0.1, -0.05) is 13.8 Å². The Morgan fingerprint density at radius 1 is 1.25 bits per heavy atom. The minimum atomic E-state index is 0.534. The van der Waals surface area contributed by atoms with Gasteiger partial charge in [0.2, 0.25) is 5.88 Å². The molecule has 0 saturated carbocycles. The van der Waals surface area contributed by atoms with E-state index in [4.69, 9.17) is 4.74 Å². The fraction of sp³-hybridized carbons (Fsp3) is 0.500. The van der Waals surface area contributed by atoms with E-state index in [0.717, 1.165) is 31.7 Å². The molecule has 2 rings (SSSR count). The van der Waals surface area contributed by atoms with Gasteiger partial charge in [-0.25, -0.2) is 4.98 Å². The van der Waals surface area contributed by atoms with Gasteiger partial charge < -0.3 is 10.1 Å². The van der Waals surface area contributed by atoms with Crippen LogP contribution in [-0.4, -0.2) is 26.3 Å². The Labute approximate surface area is 119 Å². The highest BCUT2D eigenvalue weighted by Crippen LogP contribution is 2.21. The van der Waals surface area contributed by atoms with Crippen LogP contribution in [-0.2, 0) is 6.54 Å². The number of aryl methyl sites for hydroxylation is 2. The van der Waals surface area contributed by atoms with Crippen LogP contribution >= 0.6 is 0 Å². The van der Waals surface area contributed by atoms with Crippen molar-refractivity contribution >= 4 is 5.82 Å². The van der Waals surface area contributed by atoms with Crippen LogP contribution in [0.1, 0.15) is 32.5 Å². The highest BCUT2D eigenvalue weighted by molar-refractivity contribution is 5.39. The van der Waals surface area contributed by atoms with Gasteiger partial charge in [0.1, 0.15) is 11.6 Å². The van der Waals surface area contributed by atoms with Crippen molar-refractivity contribution in [2.45, 2.75) is 40.2 Å². The van der Waals surface area contributed by atoms with Crippen molar-refractivity contribution < 1.29 is 4.74 Å². The molecule has 6 nitrogen and oxygen atoms in total. The number of nitrogens with one attached hydrogen (secondary N) is 1. The minimum absolute atomic E-state index is 0.534. The summed E-state index contributed by atoms with van der Waals surface area (Å²) in [4.78, 5) is 8.61. The third kappa shape index (κ3) is 3.94. The maximum absolute atomic E-state index is 5.73. The van der Waals surface area contributed by atoms with E-state index in [1.807, 2.05) is 17.8 Å². The van der Waals surface area contributed by atoms with Gasteiger partial charge in [-0.3, -0.25) is 4.68 Å². The second-order valence-electron chi connectivity index (χ2n) is 4.61. The molecule has 2 aromatic heterocycles. The Kier molecular flexibility index (Phi) is 4.92. The molecule has 0 spiro atoms. The number of hydrogen-bond acceptors (Lipinski definition) is 5. The molecule has 0 aliphatic heterocycles. The maximum atomic E-state index is 5.73. The van der Waals surface area contributed by atoms with E-state index in [2.05, 4.69) is 34.2 Å². The normalized spacial score (nSPS) is 10.6. The molecular formula is C14H21N5O. The van der Waals surface area contributed by atoms with Crippen LogP contribution in [0.4, 0.5) is 5.82 Å². The zero-order valence-electron chi connectivity index (χ0n) is 12.3. The molecule has 0 aliphatic rings. The van der Waals surface area contributed by atoms with Crippen molar-refractivity contribution in [3.8, 4) is 11.6 Å². The van der Waals surface area contributed by atoms with Crippen molar-refractivity contribution in [3.63, 3.8) is 0 Å². The molecular weight excluding hydrogens is 254 g/mol. The first-order valence-electron chi connectivity index (χ1n) is 7.01. The summed E-state index contributed by atoms with van der Waals surface area (Å²) in [6.45, 7) is 7.84. The van der Waals surface area contributed by atoms with Crippen LogP contribution in [0.3, 0.4) is 0 Å². The van der Waals surface area contributed by atoms with Gasteiger partial charge in [0, 0.05) is 19.2 Å². The van der Waals surface area contributed by atoms with Gasteiger partial charge in [-0.15, -0.1) is 0 Å². The summed E-state index contributed by atoms with van der Waals surface area (Å²) in [5.41, 5.74) is 0. The monoisotopic (exact) mass is 275 g/mol. The van der Waals surface area contributed by atoms with E-state index in [-0.39, 0.29) is 0 Å². The smallest absolute Gasteiger partial charge is 0.224 e.